The average molecular weight is 388 g/mol. The lowest BCUT2D eigenvalue weighted by molar-refractivity contribution is -0.135. The molecule has 0 bridgehead atoms. The van der Waals surface area contributed by atoms with E-state index in [0.29, 0.717) is 17.9 Å². The number of piperidine rings is 1. The molecule has 3 rings (SSSR count). The Morgan fingerprint density at radius 1 is 1.22 bits per heavy atom. The van der Waals surface area contributed by atoms with E-state index in [2.05, 4.69) is 0 Å². The summed E-state index contributed by atoms with van der Waals surface area (Å²) in [5, 5.41) is 8.86. The number of benzene rings is 1. The molecule has 0 radical (unpaired) electrons. The fourth-order valence-corrected chi connectivity index (χ4v) is 4.39. The van der Waals surface area contributed by atoms with E-state index in [9.17, 15) is 19.5 Å². The van der Waals surface area contributed by atoms with Gasteiger partial charge in [0.1, 0.15) is 0 Å². The van der Waals surface area contributed by atoms with Gasteiger partial charge < -0.3 is 10.0 Å². The first-order valence-corrected chi connectivity index (χ1v) is 10.1. The Hall–Kier alpha value is -2.12. The van der Waals surface area contributed by atoms with Crippen molar-refractivity contribution in [2.75, 3.05) is 19.7 Å². The van der Waals surface area contributed by atoms with Crippen molar-refractivity contribution in [1.29, 1.82) is 0 Å². The summed E-state index contributed by atoms with van der Waals surface area (Å²) in [4.78, 5) is 40.7. The summed E-state index contributed by atoms with van der Waals surface area (Å²) >= 11 is 0.913. The quantitative estimate of drug-likeness (QED) is 0.758. The number of aliphatic hydroxyl groups excluding tert-OH is 1. The molecule has 2 heterocycles. The summed E-state index contributed by atoms with van der Waals surface area (Å²) in [5.41, 5.74) is 0.860. The van der Waals surface area contributed by atoms with Crippen molar-refractivity contribution in [2.24, 2.45) is 0 Å². The standard InChI is InChI=1S/C20H24N2O4S/c23-13-10-16-8-4-5-11-21(16)18(24)9-12-22-19(25)17(27-20(22)26)14-15-6-2-1-3-7-15/h1-3,6-7,14,16,23H,4-5,8-13H2/b17-14-/t16-/m1/s1. The minimum absolute atomic E-state index is 0.0563. The van der Waals surface area contributed by atoms with Gasteiger partial charge in [0.15, 0.2) is 0 Å². The fraction of sp³-hybridized carbons (Fsp3) is 0.450. The van der Waals surface area contributed by atoms with Crippen LogP contribution in [0.15, 0.2) is 35.2 Å². The SMILES string of the molecule is O=C1S/C(=C\c2ccccc2)C(=O)N1CCC(=O)N1CCCC[C@@H]1CCO. The van der Waals surface area contributed by atoms with E-state index < -0.39 is 0 Å². The summed E-state index contributed by atoms with van der Waals surface area (Å²) in [7, 11) is 0. The van der Waals surface area contributed by atoms with Gasteiger partial charge in [-0.05, 0) is 49.1 Å². The molecule has 1 N–H and O–H groups in total. The normalized spacial score (nSPS) is 22.0. The zero-order valence-electron chi connectivity index (χ0n) is 15.2. The molecule has 0 aliphatic carbocycles. The van der Waals surface area contributed by atoms with Crippen LogP contribution in [0.3, 0.4) is 0 Å². The van der Waals surface area contributed by atoms with Crippen LogP contribution >= 0.6 is 11.8 Å². The number of likely N-dealkylation sites (tertiary alicyclic amines) is 1. The zero-order chi connectivity index (χ0) is 19.2. The average Bonchev–Trinajstić information content (AvgIpc) is 2.94. The molecular weight excluding hydrogens is 364 g/mol. The Bertz CT molecular complexity index is 733. The number of carbonyl (C=O) groups excluding carboxylic acids is 3. The van der Waals surface area contributed by atoms with Crippen molar-refractivity contribution in [3.8, 4) is 0 Å². The predicted molar refractivity (Wildman–Crippen MR) is 105 cm³/mol. The summed E-state index contributed by atoms with van der Waals surface area (Å²) < 4.78 is 0. The number of imide groups is 1. The molecule has 0 aromatic heterocycles. The van der Waals surface area contributed by atoms with Crippen LogP contribution in [0, 0.1) is 0 Å². The maximum Gasteiger partial charge on any atom is 0.293 e. The van der Waals surface area contributed by atoms with E-state index in [-0.39, 0.29) is 42.7 Å². The van der Waals surface area contributed by atoms with Crippen molar-refractivity contribution in [3.63, 3.8) is 0 Å². The number of nitrogens with zero attached hydrogens (tertiary/aromatic N) is 2. The largest absolute Gasteiger partial charge is 0.396 e. The minimum atomic E-state index is -0.341. The molecule has 27 heavy (non-hydrogen) atoms. The van der Waals surface area contributed by atoms with Crippen LogP contribution in [0.4, 0.5) is 4.79 Å². The van der Waals surface area contributed by atoms with Crippen molar-refractivity contribution >= 4 is 34.9 Å². The van der Waals surface area contributed by atoms with Gasteiger partial charge in [0, 0.05) is 32.2 Å². The van der Waals surface area contributed by atoms with E-state index in [0.717, 1.165) is 41.5 Å². The number of amides is 3. The van der Waals surface area contributed by atoms with Crippen LogP contribution in [0.1, 0.15) is 37.7 Å². The summed E-state index contributed by atoms with van der Waals surface area (Å²) in [6.45, 7) is 0.832. The van der Waals surface area contributed by atoms with Gasteiger partial charge >= 0.3 is 0 Å². The molecule has 1 aromatic carbocycles. The van der Waals surface area contributed by atoms with Crippen molar-refractivity contribution in [3.05, 3.63) is 40.8 Å². The predicted octanol–water partition coefficient (Wildman–Crippen LogP) is 2.88. The van der Waals surface area contributed by atoms with E-state index in [4.69, 9.17) is 0 Å². The summed E-state index contributed by atoms with van der Waals surface area (Å²) in [5.74, 6) is -0.397. The van der Waals surface area contributed by atoms with Gasteiger partial charge in [-0.25, -0.2) is 0 Å². The number of aliphatic hydroxyl groups is 1. The third-order valence-electron chi connectivity index (χ3n) is 4.93. The molecule has 144 valence electrons. The fourth-order valence-electron chi connectivity index (χ4n) is 3.52. The number of rotatable bonds is 6. The van der Waals surface area contributed by atoms with Crippen LogP contribution in [-0.4, -0.2) is 57.7 Å². The molecule has 2 aliphatic heterocycles. The first-order chi connectivity index (χ1) is 13.1. The van der Waals surface area contributed by atoms with Gasteiger partial charge in [-0.2, -0.15) is 0 Å². The van der Waals surface area contributed by atoms with Crippen molar-refractivity contribution < 1.29 is 19.5 Å². The van der Waals surface area contributed by atoms with Crippen LogP contribution in [0.2, 0.25) is 0 Å². The first-order valence-electron chi connectivity index (χ1n) is 9.31. The highest BCUT2D eigenvalue weighted by atomic mass is 32.2. The Morgan fingerprint density at radius 3 is 2.74 bits per heavy atom. The van der Waals surface area contributed by atoms with Gasteiger partial charge in [-0.1, -0.05) is 30.3 Å². The van der Waals surface area contributed by atoms with Crippen LogP contribution in [0.5, 0.6) is 0 Å². The molecule has 0 saturated carbocycles. The zero-order valence-corrected chi connectivity index (χ0v) is 16.0. The molecular formula is C20H24N2O4S. The summed E-state index contributed by atoms with van der Waals surface area (Å²) in [6.07, 6.45) is 5.31. The molecule has 1 aromatic rings. The molecule has 0 spiro atoms. The second-order valence-corrected chi connectivity index (χ2v) is 7.74. The molecule has 6 nitrogen and oxygen atoms in total. The Morgan fingerprint density at radius 2 is 2.00 bits per heavy atom. The Labute approximate surface area is 163 Å². The lowest BCUT2D eigenvalue weighted by atomic mass is 9.99. The van der Waals surface area contributed by atoms with Gasteiger partial charge in [0.2, 0.25) is 5.91 Å². The lowest BCUT2D eigenvalue weighted by Crippen LogP contribution is -2.45. The number of hydrogen-bond donors (Lipinski definition) is 1. The molecule has 2 saturated heterocycles. The van der Waals surface area contributed by atoms with Crippen LogP contribution in [0.25, 0.3) is 6.08 Å². The highest BCUT2D eigenvalue weighted by Crippen LogP contribution is 2.32. The van der Waals surface area contributed by atoms with Crippen LogP contribution < -0.4 is 0 Å². The highest BCUT2D eigenvalue weighted by Gasteiger charge is 2.36. The number of thioether (sulfide) groups is 1. The van der Waals surface area contributed by atoms with Gasteiger partial charge in [-0.3, -0.25) is 19.3 Å². The maximum atomic E-state index is 12.6. The Balaban J connectivity index is 1.60. The van der Waals surface area contributed by atoms with E-state index >= 15 is 0 Å². The van der Waals surface area contributed by atoms with E-state index in [1.165, 1.54) is 0 Å². The third kappa shape index (κ3) is 4.78. The van der Waals surface area contributed by atoms with E-state index in [1.54, 1.807) is 11.0 Å². The molecule has 0 unspecified atom stereocenters. The molecule has 3 amide bonds. The topological polar surface area (TPSA) is 77.9 Å². The minimum Gasteiger partial charge on any atom is -0.396 e. The smallest absolute Gasteiger partial charge is 0.293 e. The molecule has 7 heteroatoms. The Kier molecular flexibility index (Phi) is 6.68. The number of carbonyl (C=O) groups is 3. The van der Waals surface area contributed by atoms with Gasteiger partial charge in [-0.15, -0.1) is 0 Å². The van der Waals surface area contributed by atoms with Crippen molar-refractivity contribution in [1.82, 2.24) is 9.80 Å². The second-order valence-electron chi connectivity index (χ2n) is 6.74. The summed E-state index contributed by atoms with van der Waals surface area (Å²) in [6, 6.07) is 9.43. The maximum absolute atomic E-state index is 12.6. The number of hydrogen-bond acceptors (Lipinski definition) is 5. The third-order valence-corrected chi connectivity index (χ3v) is 5.84. The lowest BCUT2D eigenvalue weighted by Gasteiger charge is -2.36. The van der Waals surface area contributed by atoms with Gasteiger partial charge in [0.25, 0.3) is 11.1 Å². The van der Waals surface area contributed by atoms with E-state index in [1.807, 2.05) is 30.3 Å². The molecule has 2 fully saturated rings. The van der Waals surface area contributed by atoms with Crippen molar-refractivity contribution in [2.45, 2.75) is 38.1 Å². The molecule has 1 atom stereocenters. The second kappa shape index (κ2) is 9.19. The first kappa shape index (κ1) is 19.6. The van der Waals surface area contributed by atoms with Crippen LogP contribution in [-0.2, 0) is 9.59 Å². The monoisotopic (exact) mass is 388 g/mol. The van der Waals surface area contributed by atoms with Gasteiger partial charge in [0.05, 0.1) is 4.91 Å². The molecule has 2 aliphatic rings. The highest BCUT2D eigenvalue weighted by molar-refractivity contribution is 8.18.